The van der Waals surface area contributed by atoms with Crippen LogP contribution >= 0.6 is 27.3 Å². The van der Waals surface area contributed by atoms with Crippen molar-refractivity contribution in [1.82, 2.24) is 4.98 Å². The Hall–Kier alpha value is -0.870. The highest BCUT2D eigenvalue weighted by Crippen LogP contribution is 2.20. The minimum atomic E-state index is 0.821. The first-order valence-corrected chi connectivity index (χ1v) is 6.32. The molecule has 2 aromatic rings. The average Bonchev–Trinajstić information content (AvgIpc) is 2.62. The Kier molecular flexibility index (Phi) is 3.38. The van der Waals surface area contributed by atoms with Crippen LogP contribution in [-0.4, -0.2) is 4.98 Å². The van der Waals surface area contributed by atoms with Gasteiger partial charge in [0.05, 0.1) is 0 Å². The molecule has 2 nitrogen and oxygen atoms in total. The zero-order chi connectivity index (χ0) is 10.7. The van der Waals surface area contributed by atoms with Crippen molar-refractivity contribution in [3.8, 4) is 0 Å². The predicted octanol–water partition coefficient (Wildman–Crippen LogP) is 3.83. The van der Waals surface area contributed by atoms with E-state index in [-0.39, 0.29) is 0 Å². The zero-order valence-electron chi connectivity index (χ0n) is 8.33. The second-order valence-corrected chi connectivity index (χ2v) is 4.99. The molecule has 0 radical (unpaired) electrons. The summed E-state index contributed by atoms with van der Waals surface area (Å²) >= 11 is 4.93. The van der Waals surface area contributed by atoms with Crippen molar-refractivity contribution in [3.63, 3.8) is 0 Å². The summed E-state index contributed by atoms with van der Waals surface area (Å²) in [5.74, 6) is 0. The van der Waals surface area contributed by atoms with Crippen LogP contribution in [0.15, 0.2) is 34.2 Å². The van der Waals surface area contributed by atoms with Gasteiger partial charge in [0.1, 0.15) is 4.60 Å². The van der Waals surface area contributed by atoms with Crippen LogP contribution < -0.4 is 5.32 Å². The van der Waals surface area contributed by atoms with Gasteiger partial charge in [-0.05, 0) is 28.4 Å². The molecule has 0 aliphatic carbocycles. The van der Waals surface area contributed by atoms with Crippen molar-refractivity contribution in [3.05, 3.63) is 45.4 Å². The third-order valence-electron chi connectivity index (χ3n) is 2.00. The first-order chi connectivity index (χ1) is 7.24. The van der Waals surface area contributed by atoms with Crippen molar-refractivity contribution in [2.45, 2.75) is 13.5 Å². The molecule has 1 heterocycles. The van der Waals surface area contributed by atoms with Crippen LogP contribution in [0.4, 0.5) is 5.13 Å². The molecule has 0 aliphatic rings. The number of rotatable bonds is 3. The summed E-state index contributed by atoms with van der Waals surface area (Å²) in [6, 6.07) is 8.46. The van der Waals surface area contributed by atoms with E-state index in [0.717, 1.165) is 16.3 Å². The molecule has 0 bridgehead atoms. The molecule has 0 unspecified atom stereocenters. The Bertz CT molecular complexity index is 453. The second-order valence-electron chi connectivity index (χ2n) is 3.32. The topological polar surface area (TPSA) is 24.9 Å². The van der Waals surface area contributed by atoms with Gasteiger partial charge in [-0.15, -0.1) is 11.3 Å². The number of hydrogen-bond donors (Lipinski definition) is 1. The first kappa shape index (κ1) is 10.6. The van der Waals surface area contributed by atoms with Gasteiger partial charge in [-0.2, -0.15) is 0 Å². The van der Waals surface area contributed by atoms with E-state index >= 15 is 0 Å². The molecule has 0 saturated heterocycles. The molecule has 15 heavy (non-hydrogen) atoms. The van der Waals surface area contributed by atoms with Gasteiger partial charge in [0.25, 0.3) is 0 Å². The second kappa shape index (κ2) is 4.77. The number of aryl methyl sites for hydroxylation is 1. The van der Waals surface area contributed by atoms with Gasteiger partial charge in [0.2, 0.25) is 0 Å². The molecule has 0 amide bonds. The van der Waals surface area contributed by atoms with E-state index in [1.807, 2.05) is 5.38 Å². The standard InChI is InChI=1S/C11H11BrN2S/c1-8-3-2-4-9(5-8)6-13-11-14-10(12)7-15-11/h2-5,7H,6H2,1H3,(H,13,14). The molecule has 2 rings (SSSR count). The molecule has 0 fully saturated rings. The van der Waals surface area contributed by atoms with Crippen LogP contribution in [0.1, 0.15) is 11.1 Å². The van der Waals surface area contributed by atoms with E-state index in [4.69, 9.17) is 0 Å². The number of nitrogens with one attached hydrogen (secondary N) is 1. The quantitative estimate of drug-likeness (QED) is 0.926. The molecule has 0 saturated carbocycles. The van der Waals surface area contributed by atoms with Crippen LogP contribution in [0, 0.1) is 6.92 Å². The lowest BCUT2D eigenvalue weighted by molar-refractivity contribution is 1.12. The Morgan fingerprint density at radius 1 is 1.47 bits per heavy atom. The average molecular weight is 283 g/mol. The predicted molar refractivity (Wildman–Crippen MR) is 68.3 cm³/mol. The van der Waals surface area contributed by atoms with E-state index in [1.165, 1.54) is 11.1 Å². The minimum absolute atomic E-state index is 0.821. The highest BCUT2D eigenvalue weighted by atomic mass is 79.9. The van der Waals surface area contributed by atoms with Gasteiger partial charge in [0.15, 0.2) is 5.13 Å². The lowest BCUT2D eigenvalue weighted by atomic mass is 10.1. The fourth-order valence-corrected chi connectivity index (χ4v) is 2.48. The van der Waals surface area contributed by atoms with Gasteiger partial charge in [-0.1, -0.05) is 29.8 Å². The lowest BCUT2D eigenvalue weighted by Gasteiger charge is -2.03. The van der Waals surface area contributed by atoms with E-state index in [9.17, 15) is 0 Å². The molecule has 78 valence electrons. The molecule has 0 atom stereocenters. The third kappa shape index (κ3) is 3.04. The van der Waals surface area contributed by atoms with Crippen LogP contribution in [0.3, 0.4) is 0 Å². The Balaban J connectivity index is 1.99. The van der Waals surface area contributed by atoms with Gasteiger partial charge in [-0.25, -0.2) is 4.98 Å². The summed E-state index contributed by atoms with van der Waals surface area (Å²) in [5.41, 5.74) is 2.57. The Morgan fingerprint density at radius 2 is 2.33 bits per heavy atom. The summed E-state index contributed by atoms with van der Waals surface area (Å²) in [5, 5.41) is 6.20. The maximum atomic E-state index is 4.27. The Labute approximate surface area is 101 Å². The third-order valence-corrected chi connectivity index (χ3v) is 3.51. The van der Waals surface area contributed by atoms with Crippen LogP contribution in [0.2, 0.25) is 0 Å². The van der Waals surface area contributed by atoms with Crippen molar-refractivity contribution in [2.75, 3.05) is 5.32 Å². The van der Waals surface area contributed by atoms with E-state index in [1.54, 1.807) is 11.3 Å². The normalized spacial score (nSPS) is 10.3. The molecule has 1 aromatic carbocycles. The van der Waals surface area contributed by atoms with E-state index < -0.39 is 0 Å². The molecule has 1 aromatic heterocycles. The Morgan fingerprint density at radius 3 is 3.00 bits per heavy atom. The SMILES string of the molecule is Cc1cccc(CNc2nc(Br)cs2)c1. The fourth-order valence-electron chi connectivity index (χ4n) is 1.34. The van der Waals surface area contributed by atoms with Crippen LogP contribution in [-0.2, 0) is 6.54 Å². The molecule has 0 spiro atoms. The molecular weight excluding hydrogens is 272 g/mol. The van der Waals surface area contributed by atoms with E-state index in [0.29, 0.717) is 0 Å². The number of halogens is 1. The number of thiazole rings is 1. The first-order valence-electron chi connectivity index (χ1n) is 4.64. The summed E-state index contributed by atoms with van der Waals surface area (Å²) in [6.07, 6.45) is 0. The summed E-state index contributed by atoms with van der Waals surface area (Å²) in [7, 11) is 0. The fraction of sp³-hybridized carbons (Fsp3) is 0.182. The summed E-state index contributed by atoms with van der Waals surface area (Å²) in [6.45, 7) is 2.92. The summed E-state index contributed by atoms with van der Waals surface area (Å²) < 4.78 is 0.888. The smallest absolute Gasteiger partial charge is 0.184 e. The van der Waals surface area contributed by atoms with E-state index in [2.05, 4.69) is 57.4 Å². The molecular formula is C11H11BrN2S. The molecule has 0 aliphatic heterocycles. The van der Waals surface area contributed by atoms with Gasteiger partial charge < -0.3 is 5.32 Å². The minimum Gasteiger partial charge on any atom is -0.357 e. The number of nitrogens with zero attached hydrogens (tertiary/aromatic N) is 1. The molecule has 1 N–H and O–H groups in total. The largest absolute Gasteiger partial charge is 0.357 e. The molecule has 4 heteroatoms. The van der Waals surface area contributed by atoms with Crippen molar-refractivity contribution in [1.29, 1.82) is 0 Å². The number of aromatic nitrogens is 1. The number of hydrogen-bond acceptors (Lipinski definition) is 3. The van der Waals surface area contributed by atoms with Gasteiger partial charge in [0, 0.05) is 11.9 Å². The summed E-state index contributed by atoms with van der Waals surface area (Å²) in [4.78, 5) is 4.27. The van der Waals surface area contributed by atoms with Crippen LogP contribution in [0.5, 0.6) is 0 Å². The number of anilines is 1. The highest BCUT2D eigenvalue weighted by molar-refractivity contribution is 9.10. The lowest BCUT2D eigenvalue weighted by Crippen LogP contribution is -1.98. The highest BCUT2D eigenvalue weighted by Gasteiger charge is 1.98. The number of benzene rings is 1. The van der Waals surface area contributed by atoms with Crippen molar-refractivity contribution in [2.24, 2.45) is 0 Å². The zero-order valence-corrected chi connectivity index (χ0v) is 10.7. The van der Waals surface area contributed by atoms with Crippen molar-refractivity contribution >= 4 is 32.4 Å². The monoisotopic (exact) mass is 282 g/mol. The van der Waals surface area contributed by atoms with Crippen LogP contribution in [0.25, 0.3) is 0 Å². The van der Waals surface area contributed by atoms with Gasteiger partial charge in [-0.3, -0.25) is 0 Å². The van der Waals surface area contributed by atoms with Gasteiger partial charge >= 0.3 is 0 Å². The van der Waals surface area contributed by atoms with Crippen molar-refractivity contribution < 1.29 is 0 Å². The maximum absolute atomic E-state index is 4.27. The maximum Gasteiger partial charge on any atom is 0.184 e.